The fourth-order valence-electron chi connectivity index (χ4n) is 2.16. The van der Waals surface area contributed by atoms with Crippen LogP contribution in [-0.2, 0) is 0 Å². The molecule has 2 aromatic carbocycles. The average molecular weight is 314 g/mol. The van der Waals surface area contributed by atoms with Crippen molar-refractivity contribution in [1.29, 1.82) is 0 Å². The normalized spacial score (nSPS) is 12.4. The van der Waals surface area contributed by atoms with E-state index in [1.54, 1.807) is 0 Å². The second-order valence-corrected chi connectivity index (χ2v) is 5.10. The SMILES string of the molecule is CCCNC(c1cc(F)ccc1Cl)c1cccc(F)c1F. The number of benzene rings is 2. The molecule has 5 heteroatoms. The van der Waals surface area contributed by atoms with Crippen LogP contribution in [0.5, 0.6) is 0 Å². The Kier molecular flexibility index (Phi) is 5.26. The molecule has 0 spiro atoms. The molecule has 1 unspecified atom stereocenters. The van der Waals surface area contributed by atoms with Crippen LogP contribution in [0.1, 0.15) is 30.5 Å². The summed E-state index contributed by atoms with van der Waals surface area (Å²) >= 11 is 6.09. The number of rotatable bonds is 5. The summed E-state index contributed by atoms with van der Waals surface area (Å²) in [7, 11) is 0. The minimum absolute atomic E-state index is 0.107. The number of hydrogen-bond acceptors (Lipinski definition) is 1. The first-order valence-corrected chi connectivity index (χ1v) is 7.04. The molecule has 2 rings (SSSR count). The Hall–Kier alpha value is -1.52. The zero-order valence-corrected chi connectivity index (χ0v) is 12.2. The number of hydrogen-bond donors (Lipinski definition) is 1. The van der Waals surface area contributed by atoms with E-state index in [0.717, 1.165) is 12.5 Å². The predicted molar refractivity (Wildman–Crippen MR) is 77.9 cm³/mol. The zero-order chi connectivity index (χ0) is 15.4. The van der Waals surface area contributed by atoms with Crippen molar-refractivity contribution in [2.45, 2.75) is 19.4 Å². The van der Waals surface area contributed by atoms with E-state index >= 15 is 0 Å². The van der Waals surface area contributed by atoms with Gasteiger partial charge in [0.25, 0.3) is 0 Å². The molecule has 0 bridgehead atoms. The second-order valence-electron chi connectivity index (χ2n) is 4.70. The summed E-state index contributed by atoms with van der Waals surface area (Å²) in [4.78, 5) is 0. The van der Waals surface area contributed by atoms with Gasteiger partial charge in [-0.25, -0.2) is 13.2 Å². The van der Waals surface area contributed by atoms with E-state index in [1.807, 2.05) is 6.92 Å². The van der Waals surface area contributed by atoms with Crippen molar-refractivity contribution >= 4 is 11.6 Å². The maximum absolute atomic E-state index is 14.0. The van der Waals surface area contributed by atoms with Crippen LogP contribution in [-0.4, -0.2) is 6.54 Å². The van der Waals surface area contributed by atoms with Crippen molar-refractivity contribution in [2.75, 3.05) is 6.54 Å². The van der Waals surface area contributed by atoms with Crippen LogP contribution in [0, 0.1) is 17.5 Å². The lowest BCUT2D eigenvalue weighted by Crippen LogP contribution is -2.25. The molecule has 0 radical (unpaired) electrons. The van der Waals surface area contributed by atoms with Crippen LogP contribution in [0.2, 0.25) is 5.02 Å². The fraction of sp³-hybridized carbons (Fsp3) is 0.250. The Balaban J connectivity index is 2.52. The van der Waals surface area contributed by atoms with Gasteiger partial charge in [0.1, 0.15) is 5.82 Å². The van der Waals surface area contributed by atoms with Crippen molar-refractivity contribution in [1.82, 2.24) is 5.32 Å². The van der Waals surface area contributed by atoms with Crippen LogP contribution >= 0.6 is 11.6 Å². The summed E-state index contributed by atoms with van der Waals surface area (Å²) in [6.07, 6.45) is 0.792. The molecular weight excluding hydrogens is 299 g/mol. The van der Waals surface area contributed by atoms with Gasteiger partial charge in [-0.05, 0) is 42.8 Å². The van der Waals surface area contributed by atoms with E-state index in [-0.39, 0.29) is 5.56 Å². The molecule has 21 heavy (non-hydrogen) atoms. The van der Waals surface area contributed by atoms with Gasteiger partial charge in [-0.15, -0.1) is 0 Å². The van der Waals surface area contributed by atoms with Crippen molar-refractivity contribution in [2.24, 2.45) is 0 Å². The van der Waals surface area contributed by atoms with Gasteiger partial charge in [0.15, 0.2) is 11.6 Å². The van der Waals surface area contributed by atoms with E-state index in [1.165, 1.54) is 30.3 Å². The molecule has 0 aromatic heterocycles. The molecule has 0 fully saturated rings. The van der Waals surface area contributed by atoms with Gasteiger partial charge < -0.3 is 5.32 Å². The monoisotopic (exact) mass is 313 g/mol. The predicted octanol–water partition coefficient (Wildman–Crippen LogP) is 4.85. The second kappa shape index (κ2) is 6.96. The quantitative estimate of drug-likeness (QED) is 0.832. The molecule has 1 nitrogen and oxygen atoms in total. The largest absolute Gasteiger partial charge is 0.306 e. The summed E-state index contributed by atoms with van der Waals surface area (Å²) in [6.45, 7) is 2.51. The van der Waals surface area contributed by atoms with Crippen LogP contribution < -0.4 is 5.32 Å². The average Bonchev–Trinajstić information content (AvgIpc) is 2.47. The summed E-state index contributed by atoms with van der Waals surface area (Å²) in [5.74, 6) is -2.37. The van der Waals surface area contributed by atoms with Gasteiger partial charge in [0.05, 0.1) is 6.04 Å². The van der Waals surface area contributed by atoms with E-state index < -0.39 is 23.5 Å². The van der Waals surface area contributed by atoms with Crippen molar-refractivity contribution in [3.8, 4) is 0 Å². The zero-order valence-electron chi connectivity index (χ0n) is 11.5. The van der Waals surface area contributed by atoms with E-state index in [4.69, 9.17) is 11.6 Å². The van der Waals surface area contributed by atoms with Crippen molar-refractivity contribution < 1.29 is 13.2 Å². The van der Waals surface area contributed by atoms with Gasteiger partial charge in [0, 0.05) is 10.6 Å². The Morgan fingerprint density at radius 2 is 1.86 bits per heavy atom. The minimum Gasteiger partial charge on any atom is -0.306 e. The summed E-state index contributed by atoms with van der Waals surface area (Å²) in [6, 6.07) is 7.09. The molecular formula is C16H15ClF3N. The van der Waals surface area contributed by atoms with Gasteiger partial charge in [-0.2, -0.15) is 0 Å². The lowest BCUT2D eigenvalue weighted by Gasteiger charge is -2.21. The minimum atomic E-state index is -0.952. The first kappa shape index (κ1) is 15.9. The first-order valence-electron chi connectivity index (χ1n) is 6.66. The molecule has 0 aliphatic rings. The molecule has 1 atom stereocenters. The van der Waals surface area contributed by atoms with Crippen LogP contribution in [0.4, 0.5) is 13.2 Å². The highest BCUT2D eigenvalue weighted by atomic mass is 35.5. The van der Waals surface area contributed by atoms with Crippen LogP contribution in [0.3, 0.4) is 0 Å². The first-order chi connectivity index (χ1) is 10.0. The van der Waals surface area contributed by atoms with Crippen molar-refractivity contribution in [3.63, 3.8) is 0 Å². The summed E-state index contributed by atoms with van der Waals surface area (Å²) < 4.78 is 41.0. The van der Waals surface area contributed by atoms with Gasteiger partial charge in [-0.3, -0.25) is 0 Å². The number of halogens is 4. The molecule has 0 saturated carbocycles. The third-order valence-corrected chi connectivity index (χ3v) is 3.50. The highest BCUT2D eigenvalue weighted by Gasteiger charge is 2.22. The molecule has 0 aliphatic carbocycles. The molecule has 1 N–H and O–H groups in total. The fourth-order valence-corrected chi connectivity index (χ4v) is 2.38. The maximum Gasteiger partial charge on any atom is 0.163 e. The topological polar surface area (TPSA) is 12.0 Å². The van der Waals surface area contributed by atoms with Crippen LogP contribution in [0.25, 0.3) is 0 Å². The van der Waals surface area contributed by atoms with Crippen molar-refractivity contribution in [3.05, 3.63) is 70.0 Å². The Labute approximate surface area is 126 Å². The summed E-state index contributed by atoms with van der Waals surface area (Å²) in [5, 5.41) is 3.38. The van der Waals surface area contributed by atoms with E-state index in [9.17, 15) is 13.2 Å². The molecule has 112 valence electrons. The lowest BCUT2D eigenvalue weighted by atomic mass is 9.97. The van der Waals surface area contributed by atoms with Crippen LogP contribution in [0.15, 0.2) is 36.4 Å². The maximum atomic E-state index is 14.0. The van der Waals surface area contributed by atoms with E-state index in [0.29, 0.717) is 17.1 Å². The summed E-state index contributed by atoms with van der Waals surface area (Å²) in [5.41, 5.74) is 0.491. The standard InChI is InChI=1S/C16H15ClF3N/c1-2-8-21-16(11-4-3-5-14(19)15(11)20)12-9-10(18)6-7-13(12)17/h3-7,9,16,21H,2,8H2,1H3. The smallest absolute Gasteiger partial charge is 0.163 e. The molecule has 0 heterocycles. The number of nitrogens with one attached hydrogen (secondary N) is 1. The van der Waals surface area contributed by atoms with Gasteiger partial charge in [-0.1, -0.05) is 30.7 Å². The van der Waals surface area contributed by atoms with Gasteiger partial charge >= 0.3 is 0 Å². The molecule has 0 amide bonds. The molecule has 0 aliphatic heterocycles. The third kappa shape index (κ3) is 3.57. The molecule has 2 aromatic rings. The third-order valence-electron chi connectivity index (χ3n) is 3.16. The Bertz CT molecular complexity index is 629. The molecule has 0 saturated heterocycles. The Morgan fingerprint density at radius 1 is 1.10 bits per heavy atom. The van der Waals surface area contributed by atoms with Gasteiger partial charge in [0.2, 0.25) is 0 Å². The lowest BCUT2D eigenvalue weighted by molar-refractivity contribution is 0.479. The van der Waals surface area contributed by atoms with E-state index in [2.05, 4.69) is 5.32 Å². The Morgan fingerprint density at radius 3 is 2.57 bits per heavy atom. The highest BCUT2D eigenvalue weighted by molar-refractivity contribution is 6.31. The highest BCUT2D eigenvalue weighted by Crippen LogP contribution is 2.31.